The van der Waals surface area contributed by atoms with Gasteiger partial charge >= 0.3 is 0 Å². The third kappa shape index (κ3) is 5.47. The van der Waals surface area contributed by atoms with Crippen LogP contribution in [0.25, 0.3) is 21.9 Å². The van der Waals surface area contributed by atoms with Gasteiger partial charge in [-0.1, -0.05) is 42.5 Å². The van der Waals surface area contributed by atoms with Crippen molar-refractivity contribution >= 4 is 33.8 Å². The summed E-state index contributed by atoms with van der Waals surface area (Å²) in [6.45, 7) is 4.14. The zero-order valence-corrected chi connectivity index (χ0v) is 23.5. The lowest BCUT2D eigenvalue weighted by molar-refractivity contribution is -0.0162. The highest BCUT2D eigenvalue weighted by Crippen LogP contribution is 2.29. The predicted molar refractivity (Wildman–Crippen MR) is 160 cm³/mol. The molecule has 2 amide bonds. The lowest BCUT2D eigenvalue weighted by Gasteiger charge is -2.38. The molecule has 0 saturated carbocycles. The number of para-hydroxylation sites is 2. The molecular formula is C33H35N5O3. The van der Waals surface area contributed by atoms with E-state index in [-0.39, 0.29) is 11.8 Å². The minimum Gasteiger partial charge on any atom is -0.389 e. The fourth-order valence-electron chi connectivity index (χ4n) is 5.87. The van der Waals surface area contributed by atoms with Crippen LogP contribution in [0.3, 0.4) is 0 Å². The van der Waals surface area contributed by atoms with Crippen molar-refractivity contribution in [3.8, 4) is 0 Å². The second kappa shape index (κ2) is 10.9. The van der Waals surface area contributed by atoms with Gasteiger partial charge in [-0.2, -0.15) is 0 Å². The van der Waals surface area contributed by atoms with Gasteiger partial charge in [-0.05, 0) is 61.2 Å². The van der Waals surface area contributed by atoms with Crippen molar-refractivity contribution in [2.45, 2.75) is 38.3 Å². The number of hydrogen-bond acceptors (Lipinski definition) is 4. The summed E-state index contributed by atoms with van der Waals surface area (Å²) in [6, 6.07) is 23.5. The van der Waals surface area contributed by atoms with Crippen LogP contribution in [0, 0.1) is 6.92 Å². The number of likely N-dealkylation sites (N-methyl/N-ethyl adjacent to an activating group) is 1. The fourth-order valence-corrected chi connectivity index (χ4v) is 5.87. The van der Waals surface area contributed by atoms with E-state index in [0.29, 0.717) is 56.7 Å². The first kappa shape index (κ1) is 26.8. The zero-order chi connectivity index (χ0) is 28.6. The predicted octanol–water partition coefficient (Wildman–Crippen LogP) is 4.81. The topological polar surface area (TPSA) is 94.5 Å². The largest absolute Gasteiger partial charge is 0.389 e. The van der Waals surface area contributed by atoms with E-state index < -0.39 is 5.60 Å². The molecule has 8 nitrogen and oxygen atoms in total. The Labute approximate surface area is 239 Å². The molecule has 0 spiro atoms. The number of piperidine rings is 1. The van der Waals surface area contributed by atoms with E-state index in [2.05, 4.69) is 14.5 Å². The van der Waals surface area contributed by atoms with Crippen LogP contribution in [0.4, 0.5) is 0 Å². The summed E-state index contributed by atoms with van der Waals surface area (Å²) in [5, 5.41) is 12.1. The van der Waals surface area contributed by atoms with Crippen molar-refractivity contribution in [2.75, 3.05) is 26.7 Å². The number of amides is 2. The van der Waals surface area contributed by atoms with Gasteiger partial charge in [0.05, 0.1) is 23.0 Å². The standard InChI is InChI=1S/C33H35N5O3/c1-23-18-25(31(39)37-14-12-33(41,13-15-37)21-24-8-4-3-5-9-24)19-28-26(23)20-29(35-28)32(40)36(2)16-17-38-22-34-27-10-6-7-11-30(27)38/h3-11,18-20,22,35,41H,12-17,21H2,1-2H3. The molecule has 5 aromatic rings. The van der Waals surface area contributed by atoms with E-state index in [1.54, 1.807) is 18.3 Å². The highest BCUT2D eigenvalue weighted by atomic mass is 16.3. The number of imidazole rings is 1. The van der Waals surface area contributed by atoms with Crippen molar-refractivity contribution in [1.82, 2.24) is 24.3 Å². The first-order valence-corrected chi connectivity index (χ1v) is 14.1. The number of benzene rings is 3. The van der Waals surface area contributed by atoms with Gasteiger partial charge in [-0.15, -0.1) is 0 Å². The maximum atomic E-state index is 13.5. The third-order valence-electron chi connectivity index (χ3n) is 8.33. The number of rotatable bonds is 7. The molecule has 1 fully saturated rings. The summed E-state index contributed by atoms with van der Waals surface area (Å²) < 4.78 is 2.05. The number of nitrogens with zero attached hydrogens (tertiary/aromatic N) is 4. The number of aryl methyl sites for hydroxylation is 1. The second-order valence-corrected chi connectivity index (χ2v) is 11.3. The van der Waals surface area contributed by atoms with Gasteiger partial charge in [-0.25, -0.2) is 4.98 Å². The number of likely N-dealkylation sites (tertiary alicyclic amines) is 1. The van der Waals surface area contributed by atoms with Crippen LogP contribution in [-0.4, -0.2) is 73.5 Å². The van der Waals surface area contributed by atoms with Crippen molar-refractivity contribution < 1.29 is 14.7 Å². The summed E-state index contributed by atoms with van der Waals surface area (Å²) in [5.74, 6) is -0.157. The maximum absolute atomic E-state index is 13.5. The minimum absolute atomic E-state index is 0.0519. The zero-order valence-electron chi connectivity index (χ0n) is 23.5. The van der Waals surface area contributed by atoms with Crippen molar-refractivity contribution in [3.05, 3.63) is 102 Å². The molecular weight excluding hydrogens is 514 g/mol. The minimum atomic E-state index is -0.802. The van der Waals surface area contributed by atoms with Crippen LogP contribution >= 0.6 is 0 Å². The molecule has 6 rings (SSSR count). The summed E-state index contributed by atoms with van der Waals surface area (Å²) in [6.07, 6.45) is 3.47. The highest BCUT2D eigenvalue weighted by molar-refractivity contribution is 6.02. The van der Waals surface area contributed by atoms with Crippen molar-refractivity contribution in [2.24, 2.45) is 0 Å². The first-order valence-electron chi connectivity index (χ1n) is 14.1. The van der Waals surface area contributed by atoms with Crippen molar-refractivity contribution in [1.29, 1.82) is 0 Å². The Bertz CT molecular complexity index is 1710. The smallest absolute Gasteiger partial charge is 0.270 e. The van der Waals surface area contributed by atoms with Gasteiger partial charge in [0.15, 0.2) is 0 Å². The monoisotopic (exact) mass is 549 g/mol. The summed E-state index contributed by atoms with van der Waals surface area (Å²) in [4.78, 5) is 37.9. The molecule has 3 heterocycles. The summed E-state index contributed by atoms with van der Waals surface area (Å²) in [7, 11) is 1.80. The molecule has 0 aliphatic carbocycles. The van der Waals surface area contributed by atoms with E-state index in [1.165, 1.54) is 0 Å². The highest BCUT2D eigenvalue weighted by Gasteiger charge is 2.34. The Balaban J connectivity index is 1.12. The molecule has 1 aliphatic heterocycles. The molecule has 0 atom stereocenters. The van der Waals surface area contributed by atoms with Gasteiger partial charge in [0.1, 0.15) is 5.69 Å². The Morgan fingerprint density at radius 1 is 1.02 bits per heavy atom. The summed E-state index contributed by atoms with van der Waals surface area (Å²) in [5.41, 5.74) is 5.07. The number of aromatic nitrogens is 3. The normalized spacial score (nSPS) is 15.0. The molecule has 1 saturated heterocycles. The summed E-state index contributed by atoms with van der Waals surface area (Å²) >= 11 is 0. The Morgan fingerprint density at radius 2 is 1.76 bits per heavy atom. The van der Waals surface area contributed by atoms with Crippen molar-refractivity contribution in [3.63, 3.8) is 0 Å². The number of aromatic amines is 1. The van der Waals surface area contributed by atoms with E-state index >= 15 is 0 Å². The lowest BCUT2D eigenvalue weighted by atomic mass is 9.85. The molecule has 210 valence electrons. The van der Waals surface area contributed by atoms with Gasteiger partial charge in [0.25, 0.3) is 11.8 Å². The lowest BCUT2D eigenvalue weighted by Crippen LogP contribution is -2.47. The number of carbonyl (C=O) groups excluding carboxylic acids is 2. The second-order valence-electron chi connectivity index (χ2n) is 11.3. The van der Waals surface area contributed by atoms with E-state index in [4.69, 9.17) is 0 Å². The first-order chi connectivity index (χ1) is 19.8. The van der Waals surface area contributed by atoms with E-state index in [9.17, 15) is 14.7 Å². The number of hydrogen-bond donors (Lipinski definition) is 2. The van der Waals surface area contributed by atoms with Crippen LogP contribution in [0.2, 0.25) is 0 Å². The average Bonchev–Trinajstić information content (AvgIpc) is 3.61. The number of aliphatic hydroxyl groups is 1. The number of H-pyrrole nitrogens is 1. The van der Waals surface area contributed by atoms with Gasteiger partial charge in [0, 0.05) is 56.1 Å². The van der Waals surface area contributed by atoms with Crippen LogP contribution in [0.1, 0.15) is 44.8 Å². The van der Waals surface area contributed by atoms with Gasteiger partial charge in [0.2, 0.25) is 0 Å². The molecule has 3 aromatic carbocycles. The molecule has 8 heteroatoms. The molecule has 1 aliphatic rings. The van der Waals surface area contributed by atoms with E-state index in [0.717, 1.165) is 33.1 Å². The SMILES string of the molecule is Cc1cc(C(=O)N2CCC(O)(Cc3ccccc3)CC2)cc2[nH]c(C(=O)N(C)CCn3cnc4ccccc43)cc12. The van der Waals surface area contributed by atoms with Crippen LogP contribution in [-0.2, 0) is 13.0 Å². The third-order valence-corrected chi connectivity index (χ3v) is 8.33. The quantitative estimate of drug-likeness (QED) is 0.305. The maximum Gasteiger partial charge on any atom is 0.270 e. The van der Waals surface area contributed by atoms with Crippen LogP contribution < -0.4 is 0 Å². The van der Waals surface area contributed by atoms with Crippen LogP contribution in [0.15, 0.2) is 79.1 Å². The van der Waals surface area contributed by atoms with Gasteiger partial charge < -0.3 is 24.5 Å². The molecule has 41 heavy (non-hydrogen) atoms. The number of fused-ring (bicyclic) bond motifs is 2. The average molecular weight is 550 g/mol. The Morgan fingerprint density at radius 3 is 2.54 bits per heavy atom. The Kier molecular flexibility index (Phi) is 7.09. The van der Waals surface area contributed by atoms with E-state index in [1.807, 2.05) is 84.6 Å². The molecule has 2 aromatic heterocycles. The van der Waals surface area contributed by atoms with Crippen LogP contribution in [0.5, 0.6) is 0 Å². The molecule has 0 unspecified atom stereocenters. The molecule has 0 bridgehead atoms. The Hall–Kier alpha value is -4.43. The number of carbonyl (C=O) groups is 2. The molecule has 2 N–H and O–H groups in total. The molecule has 0 radical (unpaired) electrons. The van der Waals surface area contributed by atoms with Gasteiger partial charge in [-0.3, -0.25) is 9.59 Å². The fraction of sp³-hybridized carbons (Fsp3) is 0.303. The number of nitrogens with one attached hydrogen (secondary N) is 1.